The Kier molecular flexibility index (Phi) is 3.61. The van der Waals surface area contributed by atoms with Crippen LogP contribution in [0, 0.1) is 0 Å². The van der Waals surface area contributed by atoms with Gasteiger partial charge in [0.15, 0.2) is 10.3 Å². The van der Waals surface area contributed by atoms with Crippen molar-refractivity contribution in [2.45, 2.75) is 18.8 Å². The molecule has 4 aromatic rings. The summed E-state index contributed by atoms with van der Waals surface area (Å²) in [5.74, 6) is 1.10. The summed E-state index contributed by atoms with van der Waals surface area (Å²) in [6.07, 6.45) is 3.97. The van der Waals surface area contributed by atoms with E-state index in [0.29, 0.717) is 16.3 Å². The number of thiazole rings is 1. The maximum Gasteiger partial charge on any atom is 0.278 e. The number of benzene rings is 1. The Morgan fingerprint density at radius 1 is 1.23 bits per heavy atom. The third-order valence-electron chi connectivity index (χ3n) is 4.88. The highest BCUT2D eigenvalue weighted by Crippen LogP contribution is 2.31. The van der Waals surface area contributed by atoms with E-state index in [2.05, 4.69) is 26.4 Å². The molecule has 132 valence electrons. The summed E-state index contributed by atoms with van der Waals surface area (Å²) >= 11 is 1.47. The summed E-state index contributed by atoms with van der Waals surface area (Å²) in [4.78, 5) is 25.5. The molecule has 8 heteroatoms. The number of nitrogens with zero attached hydrogens (tertiary/aromatic N) is 4. The highest BCUT2D eigenvalue weighted by molar-refractivity contribution is 7.21. The summed E-state index contributed by atoms with van der Waals surface area (Å²) in [5, 5.41) is 9.61. The van der Waals surface area contributed by atoms with Crippen molar-refractivity contribution in [1.29, 1.82) is 0 Å². The number of H-pyrrole nitrogens is 1. The third-order valence-corrected chi connectivity index (χ3v) is 5.88. The van der Waals surface area contributed by atoms with Crippen molar-refractivity contribution >= 4 is 32.6 Å². The molecule has 0 radical (unpaired) electrons. The second kappa shape index (κ2) is 6.00. The standard InChI is InChI=1S/C18H18N6OS/c1-24-9-12-8-11(2-3-13(12)23-24)17-20-14-16(25)21-15(22-18(14)26-17)10-4-6-19-7-5-10/h2-3,8-10,19H,4-7H2,1H3,(H,21,22,25). The van der Waals surface area contributed by atoms with Gasteiger partial charge in [-0.3, -0.25) is 9.48 Å². The van der Waals surface area contributed by atoms with Gasteiger partial charge < -0.3 is 10.3 Å². The number of aryl methyl sites for hydroxylation is 1. The van der Waals surface area contributed by atoms with Gasteiger partial charge in [0.1, 0.15) is 10.8 Å². The third kappa shape index (κ3) is 2.62. The van der Waals surface area contributed by atoms with Crippen LogP contribution >= 0.6 is 11.3 Å². The van der Waals surface area contributed by atoms with Gasteiger partial charge in [0, 0.05) is 30.1 Å². The second-order valence-corrected chi connectivity index (χ2v) is 7.70. The van der Waals surface area contributed by atoms with Crippen LogP contribution in [-0.2, 0) is 7.05 Å². The normalized spacial score (nSPS) is 15.9. The molecule has 1 fully saturated rings. The van der Waals surface area contributed by atoms with E-state index in [-0.39, 0.29) is 5.56 Å². The molecule has 0 atom stereocenters. The lowest BCUT2D eigenvalue weighted by Crippen LogP contribution is -2.28. The van der Waals surface area contributed by atoms with Crippen LogP contribution in [0.4, 0.5) is 0 Å². The molecule has 5 rings (SSSR count). The SMILES string of the molecule is Cn1cc2cc(-c3nc4c(=O)[nH]c(C5CCNCC5)nc4s3)ccc2n1. The van der Waals surface area contributed by atoms with Crippen molar-refractivity contribution in [1.82, 2.24) is 30.0 Å². The molecule has 2 N–H and O–H groups in total. The zero-order valence-electron chi connectivity index (χ0n) is 14.3. The van der Waals surface area contributed by atoms with Crippen LogP contribution in [-0.4, -0.2) is 37.8 Å². The molecule has 0 saturated carbocycles. The maximum atomic E-state index is 12.5. The van der Waals surface area contributed by atoms with Gasteiger partial charge >= 0.3 is 0 Å². The Morgan fingerprint density at radius 3 is 2.92 bits per heavy atom. The van der Waals surface area contributed by atoms with E-state index in [1.54, 1.807) is 4.68 Å². The molecule has 3 aromatic heterocycles. The van der Waals surface area contributed by atoms with Gasteiger partial charge in [0.2, 0.25) is 0 Å². The minimum Gasteiger partial charge on any atom is -0.317 e. The largest absolute Gasteiger partial charge is 0.317 e. The number of aromatic amines is 1. The van der Waals surface area contributed by atoms with Gasteiger partial charge in [0.05, 0.1) is 5.52 Å². The number of nitrogens with one attached hydrogen (secondary N) is 2. The Morgan fingerprint density at radius 2 is 2.08 bits per heavy atom. The summed E-state index contributed by atoms with van der Waals surface area (Å²) in [6.45, 7) is 1.93. The molecule has 0 unspecified atom stereocenters. The van der Waals surface area contributed by atoms with E-state index in [0.717, 1.165) is 53.2 Å². The van der Waals surface area contributed by atoms with E-state index < -0.39 is 0 Å². The summed E-state index contributed by atoms with van der Waals surface area (Å²) < 4.78 is 1.80. The lowest BCUT2D eigenvalue weighted by Gasteiger charge is -2.21. The van der Waals surface area contributed by atoms with Gasteiger partial charge in [-0.05, 0) is 44.1 Å². The average molecular weight is 366 g/mol. The molecule has 1 saturated heterocycles. The van der Waals surface area contributed by atoms with Crippen molar-refractivity contribution in [3.05, 3.63) is 40.6 Å². The van der Waals surface area contributed by atoms with Crippen molar-refractivity contribution < 1.29 is 0 Å². The van der Waals surface area contributed by atoms with Crippen LogP contribution in [0.5, 0.6) is 0 Å². The smallest absolute Gasteiger partial charge is 0.278 e. The first-order valence-corrected chi connectivity index (χ1v) is 9.54. The fraction of sp³-hybridized carbons (Fsp3) is 0.333. The Labute approximate surface area is 153 Å². The first-order chi connectivity index (χ1) is 12.7. The lowest BCUT2D eigenvalue weighted by molar-refractivity contribution is 0.445. The van der Waals surface area contributed by atoms with E-state index >= 15 is 0 Å². The predicted molar refractivity (Wildman–Crippen MR) is 103 cm³/mol. The van der Waals surface area contributed by atoms with Crippen molar-refractivity contribution in [3.8, 4) is 10.6 Å². The van der Waals surface area contributed by atoms with Crippen molar-refractivity contribution in [2.75, 3.05) is 13.1 Å². The fourth-order valence-electron chi connectivity index (χ4n) is 3.54. The van der Waals surface area contributed by atoms with E-state index in [4.69, 9.17) is 4.98 Å². The molecule has 7 nitrogen and oxygen atoms in total. The lowest BCUT2D eigenvalue weighted by atomic mass is 9.97. The summed E-state index contributed by atoms with van der Waals surface area (Å²) in [5.41, 5.74) is 2.21. The van der Waals surface area contributed by atoms with Gasteiger partial charge in [0.25, 0.3) is 5.56 Å². The quantitative estimate of drug-likeness (QED) is 0.569. The zero-order chi connectivity index (χ0) is 17.7. The first-order valence-electron chi connectivity index (χ1n) is 8.72. The molecule has 1 aliphatic rings. The van der Waals surface area contributed by atoms with E-state index in [9.17, 15) is 4.79 Å². The van der Waals surface area contributed by atoms with E-state index in [1.807, 2.05) is 25.4 Å². The van der Waals surface area contributed by atoms with Crippen LogP contribution < -0.4 is 10.9 Å². The molecule has 1 aliphatic heterocycles. The maximum absolute atomic E-state index is 12.5. The molecule has 0 spiro atoms. The van der Waals surface area contributed by atoms with Crippen LogP contribution in [0.15, 0.2) is 29.2 Å². The number of aromatic nitrogens is 5. The van der Waals surface area contributed by atoms with Crippen LogP contribution in [0.1, 0.15) is 24.6 Å². The topological polar surface area (TPSA) is 88.5 Å². The minimum absolute atomic E-state index is 0.145. The monoisotopic (exact) mass is 366 g/mol. The molecule has 4 heterocycles. The van der Waals surface area contributed by atoms with Crippen LogP contribution in [0.3, 0.4) is 0 Å². The van der Waals surface area contributed by atoms with Crippen molar-refractivity contribution in [2.24, 2.45) is 7.05 Å². The summed E-state index contributed by atoms with van der Waals surface area (Å²) in [6, 6.07) is 6.03. The summed E-state index contributed by atoms with van der Waals surface area (Å²) in [7, 11) is 1.91. The number of fused-ring (bicyclic) bond motifs is 2. The molecule has 0 amide bonds. The van der Waals surface area contributed by atoms with Gasteiger partial charge in [-0.1, -0.05) is 11.3 Å². The Hall–Kier alpha value is -2.58. The van der Waals surface area contributed by atoms with Crippen LogP contribution in [0.2, 0.25) is 0 Å². The van der Waals surface area contributed by atoms with Gasteiger partial charge in [-0.25, -0.2) is 9.97 Å². The first kappa shape index (κ1) is 15.7. The number of piperidine rings is 1. The second-order valence-electron chi connectivity index (χ2n) is 6.72. The molecule has 26 heavy (non-hydrogen) atoms. The molecule has 0 aliphatic carbocycles. The van der Waals surface area contributed by atoms with Gasteiger partial charge in [-0.15, -0.1) is 0 Å². The molecular formula is C18H18N6OS. The number of hydrogen-bond donors (Lipinski definition) is 2. The van der Waals surface area contributed by atoms with Crippen LogP contribution in [0.25, 0.3) is 31.8 Å². The fourth-order valence-corrected chi connectivity index (χ4v) is 4.49. The molecule has 0 bridgehead atoms. The predicted octanol–water partition coefficient (Wildman–Crippen LogP) is 2.40. The highest BCUT2D eigenvalue weighted by Gasteiger charge is 2.20. The Bertz CT molecular complexity index is 1170. The van der Waals surface area contributed by atoms with Crippen molar-refractivity contribution in [3.63, 3.8) is 0 Å². The molecule has 1 aromatic carbocycles. The minimum atomic E-state index is -0.145. The number of hydrogen-bond acceptors (Lipinski definition) is 6. The average Bonchev–Trinajstić information content (AvgIpc) is 3.24. The zero-order valence-corrected chi connectivity index (χ0v) is 15.1. The Balaban J connectivity index is 1.59. The van der Waals surface area contributed by atoms with E-state index in [1.165, 1.54) is 11.3 Å². The number of rotatable bonds is 2. The highest BCUT2D eigenvalue weighted by atomic mass is 32.1. The van der Waals surface area contributed by atoms with Gasteiger partial charge in [-0.2, -0.15) is 5.10 Å². The molecular weight excluding hydrogens is 348 g/mol.